The molecular formula is C26H26N2O3S. The second-order valence-corrected chi connectivity index (χ2v) is 9.13. The molecule has 0 saturated heterocycles. The number of aliphatic hydroxyl groups is 1. The number of rotatable bonds is 8. The molecule has 0 aliphatic heterocycles. The molecule has 0 saturated carbocycles. The Labute approximate surface area is 191 Å². The number of hydrogen-bond donors (Lipinski definition) is 1. The maximum absolute atomic E-state index is 12.3. The van der Waals surface area contributed by atoms with Crippen molar-refractivity contribution in [3.8, 4) is 10.6 Å². The third-order valence-corrected chi connectivity index (χ3v) is 6.20. The van der Waals surface area contributed by atoms with E-state index in [2.05, 4.69) is 5.10 Å². The van der Waals surface area contributed by atoms with E-state index < -0.39 is 6.10 Å². The quantitative estimate of drug-likeness (QED) is 0.424. The van der Waals surface area contributed by atoms with Crippen LogP contribution in [0.2, 0.25) is 0 Å². The lowest BCUT2D eigenvalue weighted by molar-refractivity contribution is -0.00241. The molecule has 2 unspecified atom stereocenters. The number of aliphatic hydroxyl groups excluding tert-OH is 1. The van der Waals surface area contributed by atoms with Gasteiger partial charge in [0.1, 0.15) is 11.8 Å². The average Bonchev–Trinajstić information content (AvgIpc) is 3.23. The van der Waals surface area contributed by atoms with Crippen LogP contribution in [-0.4, -0.2) is 27.6 Å². The molecule has 4 aromatic rings. The van der Waals surface area contributed by atoms with Gasteiger partial charge in [0.05, 0.1) is 24.1 Å². The van der Waals surface area contributed by atoms with Crippen molar-refractivity contribution in [1.29, 1.82) is 0 Å². The molecule has 0 spiro atoms. The van der Waals surface area contributed by atoms with Gasteiger partial charge in [0.2, 0.25) is 0 Å². The van der Waals surface area contributed by atoms with Crippen molar-refractivity contribution in [2.75, 3.05) is 6.61 Å². The highest BCUT2D eigenvalue weighted by atomic mass is 32.1. The van der Waals surface area contributed by atoms with E-state index in [-0.39, 0.29) is 24.8 Å². The fourth-order valence-corrected chi connectivity index (χ4v) is 4.33. The van der Waals surface area contributed by atoms with Gasteiger partial charge in [0.15, 0.2) is 0 Å². The molecule has 0 aliphatic carbocycles. The lowest BCUT2D eigenvalue weighted by Gasteiger charge is -2.21. The van der Waals surface area contributed by atoms with Gasteiger partial charge in [-0.2, -0.15) is 5.10 Å². The smallest absolute Gasteiger partial charge is 0.266 e. The first kappa shape index (κ1) is 22.1. The van der Waals surface area contributed by atoms with Crippen molar-refractivity contribution in [3.05, 3.63) is 111 Å². The lowest BCUT2D eigenvalue weighted by atomic mass is 10.0. The van der Waals surface area contributed by atoms with Gasteiger partial charge in [-0.1, -0.05) is 60.2 Å². The lowest BCUT2D eigenvalue weighted by Crippen LogP contribution is -2.31. The molecule has 0 amide bonds. The summed E-state index contributed by atoms with van der Waals surface area (Å²) in [6.45, 7) is 4.21. The van der Waals surface area contributed by atoms with Crippen molar-refractivity contribution >= 4 is 11.3 Å². The first-order valence-electron chi connectivity index (χ1n) is 10.6. The Morgan fingerprint density at radius 2 is 1.66 bits per heavy atom. The SMILES string of the molecule is Cc1ccc(C(OCC(O)Cn2nc(-c3ccc(C)s3)ccc2=O)c2ccccc2)cc1. The van der Waals surface area contributed by atoms with Gasteiger partial charge in [-0.05, 0) is 43.2 Å². The molecule has 2 aromatic heterocycles. The van der Waals surface area contributed by atoms with Gasteiger partial charge in [-0.25, -0.2) is 4.68 Å². The molecule has 32 heavy (non-hydrogen) atoms. The van der Waals surface area contributed by atoms with Crippen LogP contribution in [0.15, 0.2) is 83.7 Å². The van der Waals surface area contributed by atoms with E-state index in [9.17, 15) is 9.90 Å². The molecule has 0 aliphatic rings. The van der Waals surface area contributed by atoms with Gasteiger partial charge in [0, 0.05) is 10.9 Å². The van der Waals surface area contributed by atoms with Crippen LogP contribution in [0.1, 0.15) is 27.7 Å². The Balaban J connectivity index is 1.48. The topological polar surface area (TPSA) is 64.3 Å². The fraction of sp³-hybridized carbons (Fsp3) is 0.231. The van der Waals surface area contributed by atoms with Crippen LogP contribution < -0.4 is 5.56 Å². The van der Waals surface area contributed by atoms with E-state index in [1.165, 1.54) is 21.2 Å². The van der Waals surface area contributed by atoms with Crippen LogP contribution in [0.3, 0.4) is 0 Å². The summed E-state index contributed by atoms with van der Waals surface area (Å²) >= 11 is 1.62. The predicted molar refractivity (Wildman–Crippen MR) is 128 cm³/mol. The molecular weight excluding hydrogens is 420 g/mol. The van der Waals surface area contributed by atoms with Crippen LogP contribution in [0, 0.1) is 13.8 Å². The second-order valence-electron chi connectivity index (χ2n) is 7.84. The van der Waals surface area contributed by atoms with Crippen LogP contribution in [0.5, 0.6) is 0 Å². The summed E-state index contributed by atoms with van der Waals surface area (Å²) in [5.41, 5.74) is 3.66. The molecule has 1 N–H and O–H groups in total. The number of thiophene rings is 1. The molecule has 4 rings (SSSR count). The van der Waals surface area contributed by atoms with Crippen LogP contribution >= 0.6 is 11.3 Å². The number of ether oxygens (including phenoxy) is 1. The van der Waals surface area contributed by atoms with E-state index in [1.54, 1.807) is 17.4 Å². The van der Waals surface area contributed by atoms with E-state index in [4.69, 9.17) is 4.74 Å². The summed E-state index contributed by atoms with van der Waals surface area (Å²) in [6.07, 6.45) is -1.19. The van der Waals surface area contributed by atoms with E-state index >= 15 is 0 Å². The highest BCUT2D eigenvalue weighted by Gasteiger charge is 2.18. The zero-order valence-electron chi connectivity index (χ0n) is 18.1. The van der Waals surface area contributed by atoms with Crippen molar-refractivity contribution in [2.45, 2.75) is 32.6 Å². The predicted octanol–water partition coefficient (Wildman–Crippen LogP) is 4.76. The molecule has 6 heteroatoms. The van der Waals surface area contributed by atoms with Crippen molar-refractivity contribution in [2.24, 2.45) is 0 Å². The summed E-state index contributed by atoms with van der Waals surface area (Å²) in [7, 11) is 0. The first-order chi connectivity index (χ1) is 15.5. The number of benzene rings is 2. The zero-order chi connectivity index (χ0) is 22.5. The normalized spacial score (nSPS) is 13.1. The van der Waals surface area contributed by atoms with Gasteiger partial charge in [0.25, 0.3) is 5.56 Å². The number of hydrogen-bond acceptors (Lipinski definition) is 5. The molecule has 2 atom stereocenters. The molecule has 2 aromatic carbocycles. The minimum absolute atomic E-state index is 0.0619. The van der Waals surface area contributed by atoms with E-state index in [0.717, 1.165) is 21.7 Å². The Kier molecular flexibility index (Phi) is 6.95. The molecule has 2 heterocycles. The Morgan fingerprint density at radius 3 is 2.34 bits per heavy atom. The summed E-state index contributed by atoms with van der Waals surface area (Å²) in [5, 5.41) is 15.1. The van der Waals surface area contributed by atoms with E-state index in [0.29, 0.717) is 0 Å². The monoisotopic (exact) mass is 446 g/mol. The van der Waals surface area contributed by atoms with Gasteiger partial charge in [-0.15, -0.1) is 11.3 Å². The summed E-state index contributed by atoms with van der Waals surface area (Å²) in [6, 6.07) is 25.3. The minimum atomic E-state index is -0.878. The molecule has 0 bridgehead atoms. The Bertz CT molecular complexity index is 1220. The van der Waals surface area contributed by atoms with Gasteiger partial charge < -0.3 is 9.84 Å². The number of aromatic nitrogens is 2. The van der Waals surface area contributed by atoms with Crippen LogP contribution in [0.25, 0.3) is 10.6 Å². The molecule has 0 radical (unpaired) electrons. The average molecular weight is 447 g/mol. The van der Waals surface area contributed by atoms with Crippen molar-refractivity contribution in [3.63, 3.8) is 0 Å². The second kappa shape index (κ2) is 10.0. The highest BCUT2D eigenvalue weighted by molar-refractivity contribution is 7.15. The maximum atomic E-state index is 12.3. The first-order valence-corrected chi connectivity index (χ1v) is 11.4. The summed E-state index contributed by atoms with van der Waals surface area (Å²) in [5.74, 6) is 0. The Hall–Kier alpha value is -3.06. The number of aryl methyl sites for hydroxylation is 2. The minimum Gasteiger partial charge on any atom is -0.389 e. The van der Waals surface area contributed by atoms with Crippen molar-refractivity contribution in [1.82, 2.24) is 9.78 Å². The number of nitrogens with zero attached hydrogens (tertiary/aromatic N) is 2. The fourth-order valence-electron chi connectivity index (χ4n) is 3.50. The Morgan fingerprint density at radius 1 is 0.938 bits per heavy atom. The van der Waals surface area contributed by atoms with Crippen LogP contribution in [0.4, 0.5) is 0 Å². The summed E-state index contributed by atoms with van der Waals surface area (Å²) in [4.78, 5) is 14.5. The largest absolute Gasteiger partial charge is 0.389 e. The highest BCUT2D eigenvalue weighted by Crippen LogP contribution is 2.27. The van der Waals surface area contributed by atoms with Gasteiger partial charge >= 0.3 is 0 Å². The maximum Gasteiger partial charge on any atom is 0.266 e. The van der Waals surface area contributed by atoms with Gasteiger partial charge in [-0.3, -0.25) is 4.79 Å². The zero-order valence-corrected chi connectivity index (χ0v) is 19.0. The molecule has 0 fully saturated rings. The third kappa shape index (κ3) is 5.40. The summed E-state index contributed by atoms with van der Waals surface area (Å²) < 4.78 is 7.46. The molecule has 5 nitrogen and oxygen atoms in total. The third-order valence-electron chi connectivity index (χ3n) is 5.18. The van der Waals surface area contributed by atoms with E-state index in [1.807, 2.05) is 80.6 Å². The molecule has 164 valence electrons. The van der Waals surface area contributed by atoms with Crippen molar-refractivity contribution < 1.29 is 9.84 Å². The standard InChI is InChI=1S/C26H26N2O3S/c1-18-8-11-21(12-9-18)26(20-6-4-3-5-7-20)31-17-22(29)16-28-25(30)15-13-23(27-28)24-14-10-19(2)32-24/h3-15,22,26,29H,16-17H2,1-2H3. The van der Waals surface area contributed by atoms with Crippen LogP contribution in [-0.2, 0) is 11.3 Å².